The third-order valence-corrected chi connectivity index (χ3v) is 3.19. The molecule has 0 amide bonds. The van der Waals surface area contributed by atoms with Crippen LogP contribution in [0.2, 0.25) is 0 Å². The fourth-order valence-electron chi connectivity index (χ4n) is 2.20. The Bertz CT molecular complexity index is 417. The van der Waals surface area contributed by atoms with Crippen molar-refractivity contribution < 1.29 is 14.6 Å². The second kappa shape index (κ2) is 3.18. The summed E-state index contributed by atoms with van der Waals surface area (Å²) in [4.78, 5) is 17.0. The number of carboxylic acid groups (broad SMARTS) is 1. The van der Waals surface area contributed by atoms with Gasteiger partial charge in [-0.05, 0) is 12.1 Å². The van der Waals surface area contributed by atoms with Crippen molar-refractivity contribution in [1.82, 2.24) is 4.98 Å². The lowest BCUT2D eigenvalue weighted by Gasteiger charge is -2.55. The van der Waals surface area contributed by atoms with Gasteiger partial charge < -0.3 is 14.7 Å². The molecule has 0 aliphatic carbocycles. The Balaban J connectivity index is 1.69. The molecule has 0 saturated carbocycles. The molecule has 2 aliphatic rings. The Labute approximate surface area is 92.7 Å². The van der Waals surface area contributed by atoms with E-state index in [0.29, 0.717) is 5.41 Å². The molecule has 16 heavy (non-hydrogen) atoms. The molecule has 0 unspecified atom stereocenters. The van der Waals surface area contributed by atoms with Gasteiger partial charge in [0.25, 0.3) is 0 Å². The molecule has 84 valence electrons. The molecule has 3 heterocycles. The second-order valence-corrected chi connectivity index (χ2v) is 4.56. The Morgan fingerprint density at radius 1 is 1.44 bits per heavy atom. The summed E-state index contributed by atoms with van der Waals surface area (Å²) < 4.78 is 5.19. The number of hydrogen-bond acceptors (Lipinski definition) is 4. The predicted molar refractivity (Wildman–Crippen MR) is 56.7 cm³/mol. The highest BCUT2D eigenvalue weighted by molar-refractivity contribution is 5.87. The molecule has 2 saturated heterocycles. The highest BCUT2D eigenvalue weighted by atomic mass is 16.5. The molecule has 0 aromatic carbocycles. The summed E-state index contributed by atoms with van der Waals surface area (Å²) in [7, 11) is 0. The number of aromatic carboxylic acids is 1. The van der Waals surface area contributed by atoms with E-state index in [1.54, 1.807) is 12.1 Å². The van der Waals surface area contributed by atoms with Gasteiger partial charge in [0.15, 0.2) is 0 Å². The highest BCUT2D eigenvalue weighted by Gasteiger charge is 2.49. The Hall–Kier alpha value is -1.62. The van der Waals surface area contributed by atoms with Crippen LogP contribution in [0.5, 0.6) is 0 Å². The Morgan fingerprint density at radius 3 is 2.62 bits per heavy atom. The van der Waals surface area contributed by atoms with Crippen molar-refractivity contribution in [3.63, 3.8) is 0 Å². The van der Waals surface area contributed by atoms with Crippen LogP contribution >= 0.6 is 0 Å². The third-order valence-electron chi connectivity index (χ3n) is 3.19. The van der Waals surface area contributed by atoms with Gasteiger partial charge in [0.05, 0.1) is 24.2 Å². The van der Waals surface area contributed by atoms with Gasteiger partial charge in [-0.15, -0.1) is 0 Å². The van der Waals surface area contributed by atoms with Gasteiger partial charge in [-0.25, -0.2) is 9.78 Å². The molecule has 1 N–H and O–H groups in total. The average Bonchev–Trinajstić information content (AvgIpc) is 2.14. The van der Waals surface area contributed by atoms with E-state index in [-0.39, 0.29) is 5.56 Å². The van der Waals surface area contributed by atoms with Crippen LogP contribution in [0.25, 0.3) is 0 Å². The third kappa shape index (κ3) is 1.36. The molecule has 5 heteroatoms. The zero-order chi connectivity index (χ0) is 11.2. The topological polar surface area (TPSA) is 62.7 Å². The van der Waals surface area contributed by atoms with Crippen LogP contribution in [0.15, 0.2) is 18.3 Å². The summed E-state index contributed by atoms with van der Waals surface area (Å²) in [5.41, 5.74) is 0.582. The van der Waals surface area contributed by atoms with Crippen LogP contribution in [-0.4, -0.2) is 42.4 Å². The van der Waals surface area contributed by atoms with Gasteiger partial charge in [-0.2, -0.15) is 0 Å². The van der Waals surface area contributed by atoms with E-state index in [1.165, 1.54) is 6.20 Å². The van der Waals surface area contributed by atoms with E-state index in [9.17, 15) is 4.79 Å². The lowest BCUT2D eigenvalue weighted by Crippen LogP contribution is -2.66. The molecule has 0 atom stereocenters. The van der Waals surface area contributed by atoms with Crippen molar-refractivity contribution in [3.8, 4) is 0 Å². The molecule has 2 aliphatic heterocycles. The largest absolute Gasteiger partial charge is 0.478 e. The highest BCUT2D eigenvalue weighted by Crippen LogP contribution is 2.39. The molecule has 0 radical (unpaired) electrons. The normalized spacial score (nSPS) is 21.4. The van der Waals surface area contributed by atoms with Crippen LogP contribution < -0.4 is 4.90 Å². The van der Waals surface area contributed by atoms with Gasteiger partial charge in [-0.1, -0.05) is 0 Å². The predicted octanol–water partition coefficient (Wildman–Crippen LogP) is 0.616. The molecule has 1 aromatic rings. The van der Waals surface area contributed by atoms with Crippen LogP contribution in [-0.2, 0) is 4.74 Å². The molecule has 5 nitrogen and oxygen atoms in total. The lowest BCUT2D eigenvalue weighted by molar-refractivity contribution is -0.127. The minimum atomic E-state index is -0.938. The van der Waals surface area contributed by atoms with Gasteiger partial charge in [-0.3, -0.25) is 0 Å². The number of carbonyl (C=O) groups is 1. The Morgan fingerprint density at radius 2 is 2.19 bits per heavy atom. The van der Waals surface area contributed by atoms with Gasteiger partial charge in [0, 0.05) is 19.3 Å². The number of carboxylic acids is 1. The monoisotopic (exact) mass is 220 g/mol. The van der Waals surface area contributed by atoms with Crippen molar-refractivity contribution in [2.45, 2.75) is 0 Å². The minimum absolute atomic E-state index is 0.228. The van der Waals surface area contributed by atoms with Crippen LogP contribution in [0.1, 0.15) is 10.4 Å². The number of aromatic nitrogens is 1. The van der Waals surface area contributed by atoms with Gasteiger partial charge in [0.1, 0.15) is 5.82 Å². The summed E-state index contributed by atoms with van der Waals surface area (Å²) >= 11 is 0. The van der Waals surface area contributed by atoms with E-state index in [1.807, 2.05) is 0 Å². The Kier molecular flexibility index (Phi) is 1.91. The number of rotatable bonds is 2. The molecule has 0 bridgehead atoms. The maximum atomic E-state index is 10.7. The van der Waals surface area contributed by atoms with Gasteiger partial charge >= 0.3 is 5.97 Å². The van der Waals surface area contributed by atoms with Crippen molar-refractivity contribution in [2.24, 2.45) is 5.41 Å². The van der Waals surface area contributed by atoms with E-state index in [0.717, 1.165) is 32.1 Å². The first-order chi connectivity index (χ1) is 7.69. The summed E-state index contributed by atoms with van der Waals surface area (Å²) in [5.74, 6) is -0.0888. The summed E-state index contributed by atoms with van der Waals surface area (Å²) in [5, 5.41) is 8.75. The van der Waals surface area contributed by atoms with Crippen LogP contribution in [0.4, 0.5) is 5.82 Å². The first kappa shape index (κ1) is 9.59. The molecular weight excluding hydrogens is 208 g/mol. The van der Waals surface area contributed by atoms with Crippen LogP contribution in [0.3, 0.4) is 0 Å². The molecule has 3 rings (SSSR count). The van der Waals surface area contributed by atoms with E-state index < -0.39 is 5.97 Å². The fraction of sp³-hybridized carbons (Fsp3) is 0.455. The molecule has 1 spiro atoms. The quantitative estimate of drug-likeness (QED) is 0.791. The SMILES string of the molecule is O=C(O)c1ccc(N2CC3(COC3)C2)nc1. The fourth-order valence-corrected chi connectivity index (χ4v) is 2.20. The number of anilines is 1. The smallest absolute Gasteiger partial charge is 0.337 e. The van der Waals surface area contributed by atoms with Crippen molar-refractivity contribution in [3.05, 3.63) is 23.9 Å². The van der Waals surface area contributed by atoms with Crippen molar-refractivity contribution >= 4 is 11.8 Å². The van der Waals surface area contributed by atoms with Gasteiger partial charge in [0.2, 0.25) is 0 Å². The molecular formula is C11H12N2O3. The van der Waals surface area contributed by atoms with Crippen LogP contribution in [0, 0.1) is 5.41 Å². The summed E-state index contributed by atoms with van der Waals surface area (Å²) in [6, 6.07) is 3.35. The average molecular weight is 220 g/mol. The van der Waals surface area contributed by atoms with Crippen molar-refractivity contribution in [1.29, 1.82) is 0 Å². The van der Waals surface area contributed by atoms with E-state index in [4.69, 9.17) is 9.84 Å². The zero-order valence-electron chi connectivity index (χ0n) is 8.72. The number of pyridine rings is 1. The van der Waals surface area contributed by atoms with E-state index >= 15 is 0 Å². The first-order valence-corrected chi connectivity index (χ1v) is 5.21. The standard InChI is InChI=1S/C11H12N2O3/c14-10(15)8-1-2-9(12-3-8)13-4-11(5-13)6-16-7-11/h1-3H,4-7H2,(H,14,15). The molecule has 1 aromatic heterocycles. The number of ether oxygens (including phenoxy) is 1. The van der Waals surface area contributed by atoms with E-state index in [2.05, 4.69) is 9.88 Å². The number of nitrogens with zero attached hydrogens (tertiary/aromatic N) is 2. The molecule has 2 fully saturated rings. The maximum Gasteiger partial charge on any atom is 0.337 e. The zero-order valence-corrected chi connectivity index (χ0v) is 8.72. The maximum absolute atomic E-state index is 10.7. The minimum Gasteiger partial charge on any atom is -0.478 e. The van der Waals surface area contributed by atoms with Crippen molar-refractivity contribution in [2.75, 3.05) is 31.2 Å². The number of hydrogen-bond donors (Lipinski definition) is 1. The summed E-state index contributed by atoms with van der Waals surface area (Å²) in [6.45, 7) is 3.62. The summed E-state index contributed by atoms with van der Waals surface area (Å²) in [6.07, 6.45) is 1.40. The second-order valence-electron chi connectivity index (χ2n) is 4.56. The lowest BCUT2D eigenvalue weighted by atomic mass is 9.78. The first-order valence-electron chi connectivity index (χ1n) is 5.21.